The molecular formula is C15H18N2O3. The minimum Gasteiger partial charge on any atom is -0.481 e. The van der Waals surface area contributed by atoms with E-state index in [4.69, 9.17) is 0 Å². The third-order valence-corrected chi connectivity index (χ3v) is 3.92. The number of nitrogens with one attached hydrogen (secondary N) is 1. The SMILES string of the molecule is CC(C)(Cc1ccc2c(c1)[nH]c(=O)n2C1CC1)C(=O)O. The zero-order valence-electron chi connectivity index (χ0n) is 11.6. The van der Waals surface area contributed by atoms with Gasteiger partial charge in [0.15, 0.2) is 0 Å². The average Bonchev–Trinajstić information content (AvgIpc) is 3.11. The fourth-order valence-corrected chi connectivity index (χ4v) is 2.57. The number of benzene rings is 1. The third kappa shape index (κ3) is 2.13. The Morgan fingerprint density at radius 2 is 2.15 bits per heavy atom. The number of hydrogen-bond acceptors (Lipinski definition) is 2. The van der Waals surface area contributed by atoms with E-state index in [0.29, 0.717) is 12.5 Å². The molecule has 0 spiro atoms. The van der Waals surface area contributed by atoms with Crippen molar-refractivity contribution in [2.24, 2.45) is 5.41 Å². The van der Waals surface area contributed by atoms with Crippen LogP contribution in [-0.4, -0.2) is 20.6 Å². The predicted molar refractivity (Wildman–Crippen MR) is 76.0 cm³/mol. The molecule has 3 rings (SSSR count). The molecule has 1 heterocycles. The van der Waals surface area contributed by atoms with E-state index in [-0.39, 0.29) is 5.69 Å². The number of nitrogens with zero attached hydrogens (tertiary/aromatic N) is 1. The minimum absolute atomic E-state index is 0.0721. The minimum atomic E-state index is -0.818. The summed E-state index contributed by atoms with van der Waals surface area (Å²) in [5, 5.41) is 9.18. The maximum absolute atomic E-state index is 11.9. The lowest BCUT2D eigenvalue weighted by Crippen LogP contribution is -2.26. The quantitative estimate of drug-likeness (QED) is 0.898. The van der Waals surface area contributed by atoms with Crippen molar-refractivity contribution in [3.8, 4) is 0 Å². The van der Waals surface area contributed by atoms with Gasteiger partial charge in [0.2, 0.25) is 0 Å². The Hall–Kier alpha value is -2.04. The number of imidazole rings is 1. The van der Waals surface area contributed by atoms with Crippen molar-refractivity contribution in [2.75, 3.05) is 0 Å². The zero-order valence-corrected chi connectivity index (χ0v) is 11.6. The molecule has 1 aliphatic rings. The molecule has 1 aromatic heterocycles. The molecule has 0 atom stereocenters. The lowest BCUT2D eigenvalue weighted by Gasteiger charge is -2.18. The Morgan fingerprint density at radius 1 is 1.45 bits per heavy atom. The largest absolute Gasteiger partial charge is 0.481 e. The fourth-order valence-electron chi connectivity index (χ4n) is 2.57. The lowest BCUT2D eigenvalue weighted by molar-refractivity contribution is -0.146. The number of carboxylic acids is 1. The van der Waals surface area contributed by atoms with Gasteiger partial charge in [-0.05, 0) is 50.8 Å². The summed E-state index contributed by atoms with van der Waals surface area (Å²) in [6, 6.07) is 6.05. The lowest BCUT2D eigenvalue weighted by atomic mass is 9.86. The number of aromatic amines is 1. The van der Waals surface area contributed by atoms with Gasteiger partial charge in [-0.2, -0.15) is 0 Å². The number of fused-ring (bicyclic) bond motifs is 1. The van der Waals surface area contributed by atoms with Crippen molar-refractivity contribution >= 4 is 17.0 Å². The van der Waals surface area contributed by atoms with Crippen molar-refractivity contribution in [3.63, 3.8) is 0 Å². The standard InChI is InChI=1S/C15H18N2O3/c1-15(2,13(18)19)8-9-3-6-12-11(7-9)16-14(20)17(12)10-4-5-10/h3,6-7,10H,4-5,8H2,1-2H3,(H,16,20)(H,18,19). The number of hydrogen-bond donors (Lipinski definition) is 2. The molecular weight excluding hydrogens is 256 g/mol. The molecule has 106 valence electrons. The number of aliphatic carboxylic acids is 1. The van der Waals surface area contributed by atoms with E-state index in [1.165, 1.54) is 0 Å². The van der Waals surface area contributed by atoms with Gasteiger partial charge in [-0.15, -0.1) is 0 Å². The summed E-state index contributed by atoms with van der Waals surface area (Å²) in [5.41, 5.74) is 1.74. The topological polar surface area (TPSA) is 75.1 Å². The molecule has 20 heavy (non-hydrogen) atoms. The first-order chi connectivity index (χ1) is 9.38. The molecule has 1 saturated carbocycles. The fraction of sp³-hybridized carbons (Fsp3) is 0.467. The smallest absolute Gasteiger partial charge is 0.326 e. The second kappa shape index (κ2) is 4.23. The molecule has 0 bridgehead atoms. The van der Waals surface area contributed by atoms with Crippen LogP contribution in [0.15, 0.2) is 23.0 Å². The van der Waals surface area contributed by atoms with E-state index in [0.717, 1.165) is 29.4 Å². The summed E-state index contributed by atoms with van der Waals surface area (Å²) in [6.45, 7) is 3.41. The summed E-state index contributed by atoms with van der Waals surface area (Å²) in [4.78, 5) is 26.0. The summed E-state index contributed by atoms with van der Waals surface area (Å²) >= 11 is 0. The Balaban J connectivity index is 2.00. The molecule has 0 aliphatic heterocycles. The van der Waals surface area contributed by atoms with Crippen molar-refractivity contribution in [2.45, 2.75) is 39.2 Å². The van der Waals surface area contributed by atoms with Crippen molar-refractivity contribution in [1.82, 2.24) is 9.55 Å². The number of H-pyrrole nitrogens is 1. The monoisotopic (exact) mass is 274 g/mol. The average molecular weight is 274 g/mol. The van der Waals surface area contributed by atoms with Crippen molar-refractivity contribution < 1.29 is 9.90 Å². The number of aromatic nitrogens is 2. The van der Waals surface area contributed by atoms with Crippen molar-refractivity contribution in [3.05, 3.63) is 34.2 Å². The van der Waals surface area contributed by atoms with Crippen LogP contribution in [0, 0.1) is 5.41 Å². The van der Waals surface area contributed by atoms with Gasteiger partial charge in [-0.3, -0.25) is 9.36 Å². The predicted octanol–water partition coefficient (Wildman–Crippen LogP) is 2.32. The highest BCUT2D eigenvalue weighted by Gasteiger charge is 2.29. The van der Waals surface area contributed by atoms with Gasteiger partial charge in [-0.25, -0.2) is 4.79 Å². The van der Waals surface area contributed by atoms with E-state index < -0.39 is 11.4 Å². The van der Waals surface area contributed by atoms with Gasteiger partial charge < -0.3 is 10.1 Å². The van der Waals surface area contributed by atoms with Crippen LogP contribution in [0.1, 0.15) is 38.3 Å². The Kier molecular flexibility index (Phi) is 2.74. The van der Waals surface area contributed by atoms with Gasteiger partial charge in [0.25, 0.3) is 0 Å². The van der Waals surface area contributed by atoms with E-state index in [1.807, 2.05) is 18.2 Å². The summed E-state index contributed by atoms with van der Waals surface area (Å²) in [5.74, 6) is -0.818. The van der Waals surface area contributed by atoms with E-state index in [2.05, 4.69) is 4.98 Å². The van der Waals surface area contributed by atoms with Crippen LogP contribution in [-0.2, 0) is 11.2 Å². The Bertz CT molecular complexity index is 735. The van der Waals surface area contributed by atoms with E-state index in [1.54, 1.807) is 18.4 Å². The normalized spacial score (nSPS) is 15.7. The van der Waals surface area contributed by atoms with Crippen LogP contribution in [0.25, 0.3) is 11.0 Å². The van der Waals surface area contributed by atoms with Gasteiger partial charge in [0.05, 0.1) is 16.4 Å². The third-order valence-electron chi connectivity index (χ3n) is 3.92. The maximum atomic E-state index is 11.9. The van der Waals surface area contributed by atoms with Crippen LogP contribution in [0.4, 0.5) is 0 Å². The molecule has 0 amide bonds. The molecule has 5 nitrogen and oxygen atoms in total. The molecule has 1 aliphatic carbocycles. The molecule has 0 saturated heterocycles. The zero-order chi connectivity index (χ0) is 14.5. The Morgan fingerprint density at radius 3 is 2.75 bits per heavy atom. The van der Waals surface area contributed by atoms with Crippen LogP contribution in [0.5, 0.6) is 0 Å². The molecule has 1 aromatic carbocycles. The maximum Gasteiger partial charge on any atom is 0.326 e. The Labute approximate surface area is 116 Å². The molecule has 0 radical (unpaired) electrons. The van der Waals surface area contributed by atoms with Crippen LogP contribution < -0.4 is 5.69 Å². The molecule has 1 fully saturated rings. The van der Waals surface area contributed by atoms with Gasteiger partial charge in [-0.1, -0.05) is 6.07 Å². The molecule has 5 heteroatoms. The first kappa shape index (κ1) is 13.0. The van der Waals surface area contributed by atoms with E-state index in [9.17, 15) is 14.7 Å². The molecule has 2 aromatic rings. The molecule has 0 unspecified atom stereocenters. The molecule has 2 N–H and O–H groups in total. The van der Waals surface area contributed by atoms with E-state index >= 15 is 0 Å². The summed E-state index contributed by atoms with van der Waals surface area (Å²) in [6.07, 6.45) is 2.55. The summed E-state index contributed by atoms with van der Waals surface area (Å²) < 4.78 is 1.81. The van der Waals surface area contributed by atoms with Crippen molar-refractivity contribution in [1.29, 1.82) is 0 Å². The number of carboxylic acid groups (broad SMARTS) is 1. The van der Waals surface area contributed by atoms with Crippen LogP contribution >= 0.6 is 0 Å². The highest BCUT2D eigenvalue weighted by atomic mass is 16.4. The van der Waals surface area contributed by atoms with Gasteiger partial charge >= 0.3 is 11.7 Å². The van der Waals surface area contributed by atoms with Gasteiger partial charge in [0, 0.05) is 6.04 Å². The highest BCUT2D eigenvalue weighted by Crippen LogP contribution is 2.36. The summed E-state index contributed by atoms with van der Waals surface area (Å²) in [7, 11) is 0. The first-order valence-electron chi connectivity index (χ1n) is 6.85. The second-order valence-corrected chi connectivity index (χ2v) is 6.25. The van der Waals surface area contributed by atoms with Crippen LogP contribution in [0.2, 0.25) is 0 Å². The highest BCUT2D eigenvalue weighted by molar-refractivity contribution is 5.77. The van der Waals surface area contributed by atoms with Crippen LogP contribution in [0.3, 0.4) is 0 Å². The first-order valence-corrected chi connectivity index (χ1v) is 6.85. The van der Waals surface area contributed by atoms with Gasteiger partial charge in [0.1, 0.15) is 0 Å². The number of rotatable bonds is 4. The second-order valence-electron chi connectivity index (χ2n) is 6.25. The number of carbonyl (C=O) groups is 1.